The summed E-state index contributed by atoms with van der Waals surface area (Å²) in [5.74, 6) is 1.80. The molecule has 112 valence electrons. The summed E-state index contributed by atoms with van der Waals surface area (Å²) < 4.78 is 11.1. The molecule has 3 heteroatoms. The fourth-order valence-corrected chi connectivity index (χ4v) is 2.18. The van der Waals surface area contributed by atoms with Gasteiger partial charge < -0.3 is 14.8 Å². The van der Waals surface area contributed by atoms with Crippen LogP contribution >= 0.6 is 0 Å². The van der Waals surface area contributed by atoms with E-state index in [4.69, 9.17) is 9.47 Å². The molecule has 0 radical (unpaired) electrons. The van der Waals surface area contributed by atoms with Crippen LogP contribution in [0.1, 0.15) is 16.7 Å². The van der Waals surface area contributed by atoms with E-state index in [1.165, 1.54) is 5.56 Å². The van der Waals surface area contributed by atoms with Crippen molar-refractivity contribution in [1.29, 1.82) is 0 Å². The van der Waals surface area contributed by atoms with Crippen LogP contribution in [0.2, 0.25) is 0 Å². The van der Waals surface area contributed by atoms with Crippen LogP contribution in [0.3, 0.4) is 0 Å². The number of para-hydroxylation sites is 1. The Morgan fingerprint density at radius 1 is 1.00 bits per heavy atom. The molecule has 0 amide bonds. The van der Waals surface area contributed by atoms with E-state index < -0.39 is 0 Å². The molecule has 0 fully saturated rings. The molecule has 0 unspecified atom stereocenters. The minimum Gasteiger partial charge on any atom is -0.457 e. The maximum atomic E-state index is 6.08. The second kappa shape index (κ2) is 7.81. The Bertz CT molecular complexity index is 581. The third kappa shape index (κ3) is 4.59. The maximum absolute atomic E-state index is 6.08. The monoisotopic (exact) mass is 285 g/mol. The summed E-state index contributed by atoms with van der Waals surface area (Å²) in [4.78, 5) is 0. The smallest absolute Gasteiger partial charge is 0.131 e. The summed E-state index contributed by atoms with van der Waals surface area (Å²) in [7, 11) is 1.71. The van der Waals surface area contributed by atoms with Gasteiger partial charge in [0.2, 0.25) is 0 Å². The predicted molar refractivity (Wildman–Crippen MR) is 86.0 cm³/mol. The van der Waals surface area contributed by atoms with Gasteiger partial charge in [0.1, 0.15) is 11.5 Å². The molecule has 0 atom stereocenters. The standard InChI is InChI=1S/C18H23NO2/c1-14-8-9-17(15(2)12-14)21-18-7-5-4-6-16(18)13-19-10-11-20-3/h4-9,12,19H,10-11,13H2,1-3H3. The number of aryl methyl sites for hydroxylation is 2. The molecule has 21 heavy (non-hydrogen) atoms. The van der Waals surface area contributed by atoms with Crippen LogP contribution in [0.4, 0.5) is 0 Å². The van der Waals surface area contributed by atoms with Crippen LogP contribution in [0.25, 0.3) is 0 Å². The first-order valence-corrected chi connectivity index (χ1v) is 7.23. The lowest BCUT2D eigenvalue weighted by atomic mass is 10.1. The van der Waals surface area contributed by atoms with Gasteiger partial charge in [-0.05, 0) is 31.5 Å². The van der Waals surface area contributed by atoms with Gasteiger partial charge in [-0.15, -0.1) is 0 Å². The highest BCUT2D eigenvalue weighted by Crippen LogP contribution is 2.28. The Morgan fingerprint density at radius 2 is 1.81 bits per heavy atom. The summed E-state index contributed by atoms with van der Waals surface area (Å²) >= 11 is 0. The van der Waals surface area contributed by atoms with E-state index in [0.717, 1.165) is 35.7 Å². The lowest BCUT2D eigenvalue weighted by Gasteiger charge is -2.13. The number of hydrogen-bond donors (Lipinski definition) is 1. The Labute approximate surface area is 126 Å². The molecule has 2 aromatic carbocycles. The summed E-state index contributed by atoms with van der Waals surface area (Å²) in [5.41, 5.74) is 3.54. The van der Waals surface area contributed by atoms with Crippen molar-refractivity contribution in [3.8, 4) is 11.5 Å². The first-order valence-electron chi connectivity index (χ1n) is 7.23. The number of benzene rings is 2. The molecule has 0 aromatic heterocycles. The predicted octanol–water partition coefficient (Wildman–Crippen LogP) is 3.83. The van der Waals surface area contributed by atoms with Crippen LogP contribution in [-0.4, -0.2) is 20.3 Å². The van der Waals surface area contributed by atoms with Crippen LogP contribution in [0.5, 0.6) is 11.5 Å². The molecule has 1 N–H and O–H groups in total. The van der Waals surface area contributed by atoms with Crippen molar-refractivity contribution in [2.75, 3.05) is 20.3 Å². The van der Waals surface area contributed by atoms with E-state index in [0.29, 0.717) is 6.61 Å². The minimum absolute atomic E-state index is 0.708. The molecule has 0 bridgehead atoms. The van der Waals surface area contributed by atoms with E-state index in [1.807, 2.05) is 24.3 Å². The Balaban J connectivity index is 2.08. The van der Waals surface area contributed by atoms with Gasteiger partial charge >= 0.3 is 0 Å². The van der Waals surface area contributed by atoms with Crippen LogP contribution < -0.4 is 10.1 Å². The van der Waals surface area contributed by atoms with E-state index in [9.17, 15) is 0 Å². The summed E-state index contributed by atoms with van der Waals surface area (Å²) in [6, 6.07) is 14.3. The van der Waals surface area contributed by atoms with Gasteiger partial charge in [0, 0.05) is 25.8 Å². The summed E-state index contributed by atoms with van der Waals surface area (Å²) in [6.07, 6.45) is 0. The van der Waals surface area contributed by atoms with Crippen LogP contribution in [-0.2, 0) is 11.3 Å². The summed E-state index contributed by atoms with van der Waals surface area (Å²) in [6.45, 7) is 6.46. The molecule has 0 saturated heterocycles. The topological polar surface area (TPSA) is 30.5 Å². The maximum Gasteiger partial charge on any atom is 0.131 e. The number of nitrogens with one attached hydrogen (secondary N) is 1. The highest BCUT2D eigenvalue weighted by atomic mass is 16.5. The molecule has 3 nitrogen and oxygen atoms in total. The van der Waals surface area contributed by atoms with Gasteiger partial charge in [-0.1, -0.05) is 35.9 Å². The van der Waals surface area contributed by atoms with Gasteiger partial charge in [-0.2, -0.15) is 0 Å². The zero-order valence-corrected chi connectivity index (χ0v) is 13.0. The first-order chi connectivity index (χ1) is 10.2. The molecular weight excluding hydrogens is 262 g/mol. The lowest BCUT2D eigenvalue weighted by Crippen LogP contribution is -2.18. The zero-order chi connectivity index (χ0) is 15.1. The second-order valence-electron chi connectivity index (χ2n) is 5.15. The normalized spacial score (nSPS) is 10.6. The quantitative estimate of drug-likeness (QED) is 0.784. The molecule has 2 aromatic rings. The summed E-state index contributed by atoms with van der Waals surface area (Å²) in [5, 5.41) is 3.35. The van der Waals surface area contributed by atoms with E-state index in [-0.39, 0.29) is 0 Å². The molecule has 0 aliphatic carbocycles. The fourth-order valence-electron chi connectivity index (χ4n) is 2.18. The third-order valence-corrected chi connectivity index (χ3v) is 3.32. The van der Waals surface area contributed by atoms with Gasteiger partial charge in [0.15, 0.2) is 0 Å². The highest BCUT2D eigenvalue weighted by molar-refractivity contribution is 5.42. The number of methoxy groups -OCH3 is 1. The average molecular weight is 285 g/mol. The van der Waals surface area contributed by atoms with Gasteiger partial charge in [-0.3, -0.25) is 0 Å². The average Bonchev–Trinajstić information content (AvgIpc) is 2.48. The SMILES string of the molecule is COCCNCc1ccccc1Oc1ccc(C)cc1C. The molecule has 0 aliphatic rings. The molecule has 0 saturated carbocycles. The minimum atomic E-state index is 0.708. The molecule has 0 heterocycles. The van der Waals surface area contributed by atoms with E-state index >= 15 is 0 Å². The van der Waals surface area contributed by atoms with Gasteiger partial charge in [0.05, 0.1) is 6.61 Å². The van der Waals surface area contributed by atoms with Crippen LogP contribution in [0.15, 0.2) is 42.5 Å². The number of ether oxygens (including phenoxy) is 2. The number of hydrogen-bond acceptors (Lipinski definition) is 3. The van der Waals surface area contributed by atoms with Crippen molar-refractivity contribution in [2.45, 2.75) is 20.4 Å². The Morgan fingerprint density at radius 3 is 2.57 bits per heavy atom. The highest BCUT2D eigenvalue weighted by Gasteiger charge is 2.06. The van der Waals surface area contributed by atoms with Crippen molar-refractivity contribution >= 4 is 0 Å². The largest absolute Gasteiger partial charge is 0.457 e. The molecule has 2 rings (SSSR count). The van der Waals surface area contributed by atoms with E-state index in [1.54, 1.807) is 7.11 Å². The fraction of sp³-hybridized carbons (Fsp3) is 0.333. The second-order valence-corrected chi connectivity index (χ2v) is 5.15. The van der Waals surface area contributed by atoms with Crippen molar-refractivity contribution < 1.29 is 9.47 Å². The Hall–Kier alpha value is -1.84. The van der Waals surface area contributed by atoms with Crippen molar-refractivity contribution in [1.82, 2.24) is 5.32 Å². The lowest BCUT2D eigenvalue weighted by molar-refractivity contribution is 0.199. The molecule has 0 aliphatic heterocycles. The van der Waals surface area contributed by atoms with Gasteiger partial charge in [0.25, 0.3) is 0 Å². The van der Waals surface area contributed by atoms with Gasteiger partial charge in [-0.25, -0.2) is 0 Å². The molecular formula is C18H23NO2. The zero-order valence-electron chi connectivity index (χ0n) is 13.0. The Kier molecular flexibility index (Phi) is 5.78. The van der Waals surface area contributed by atoms with Crippen molar-refractivity contribution in [3.63, 3.8) is 0 Å². The van der Waals surface area contributed by atoms with Crippen LogP contribution in [0, 0.1) is 13.8 Å². The third-order valence-electron chi connectivity index (χ3n) is 3.32. The molecule has 0 spiro atoms. The first kappa shape index (κ1) is 15.5. The van der Waals surface area contributed by atoms with Crippen molar-refractivity contribution in [3.05, 3.63) is 59.2 Å². The number of rotatable bonds is 7. The van der Waals surface area contributed by atoms with E-state index in [2.05, 4.69) is 37.4 Å². The van der Waals surface area contributed by atoms with Crippen molar-refractivity contribution in [2.24, 2.45) is 0 Å².